The average Bonchev–Trinajstić information content (AvgIpc) is 3.12. The van der Waals surface area contributed by atoms with Crippen molar-refractivity contribution in [2.24, 2.45) is 5.92 Å². The lowest BCUT2D eigenvalue weighted by atomic mass is 10.1. The number of carbonyl (C=O) groups excluding carboxylic acids is 1. The summed E-state index contributed by atoms with van der Waals surface area (Å²) in [5.74, 6) is -1.45. The molecule has 2 aromatic rings. The van der Waals surface area contributed by atoms with Crippen LogP contribution in [0, 0.1) is 5.92 Å². The molecular weight excluding hydrogens is 365 g/mol. The Labute approximate surface area is 152 Å². The van der Waals surface area contributed by atoms with Gasteiger partial charge in [0, 0.05) is 30.9 Å². The van der Waals surface area contributed by atoms with Crippen molar-refractivity contribution in [3.8, 4) is 11.6 Å². The number of amides is 1. The van der Waals surface area contributed by atoms with Crippen LogP contribution < -0.4 is 4.74 Å². The van der Waals surface area contributed by atoms with E-state index >= 15 is 0 Å². The van der Waals surface area contributed by atoms with Gasteiger partial charge in [-0.05, 0) is 36.8 Å². The minimum absolute atomic E-state index is 0.00841. The first kappa shape index (κ1) is 18.7. The first-order chi connectivity index (χ1) is 12.7. The molecule has 1 N–H and O–H groups in total. The highest BCUT2D eigenvalue weighted by molar-refractivity contribution is 5.95. The van der Waals surface area contributed by atoms with E-state index in [9.17, 15) is 22.8 Å². The van der Waals surface area contributed by atoms with Crippen LogP contribution in [-0.2, 0) is 11.0 Å². The molecule has 1 amide bonds. The van der Waals surface area contributed by atoms with E-state index in [1.54, 1.807) is 0 Å². The summed E-state index contributed by atoms with van der Waals surface area (Å²) in [6.45, 7) is 0.547. The van der Waals surface area contributed by atoms with Crippen molar-refractivity contribution in [1.82, 2.24) is 9.88 Å². The summed E-state index contributed by atoms with van der Waals surface area (Å²) in [4.78, 5) is 28.5. The van der Waals surface area contributed by atoms with Crippen LogP contribution in [0.25, 0.3) is 0 Å². The number of carbonyl (C=O) groups is 2. The number of likely N-dealkylation sites (tertiary alicyclic amines) is 1. The van der Waals surface area contributed by atoms with Gasteiger partial charge in [-0.25, -0.2) is 4.98 Å². The molecule has 0 radical (unpaired) electrons. The Morgan fingerprint density at radius 1 is 1.15 bits per heavy atom. The minimum Gasteiger partial charge on any atom is -0.481 e. The number of carboxylic acids is 1. The van der Waals surface area contributed by atoms with Gasteiger partial charge in [-0.1, -0.05) is 0 Å². The number of pyridine rings is 1. The summed E-state index contributed by atoms with van der Waals surface area (Å²) < 4.78 is 42.9. The average molecular weight is 380 g/mol. The van der Waals surface area contributed by atoms with Crippen molar-refractivity contribution in [2.75, 3.05) is 13.1 Å². The smallest absolute Gasteiger partial charge is 0.417 e. The predicted molar refractivity (Wildman–Crippen MR) is 87.4 cm³/mol. The zero-order chi connectivity index (χ0) is 19.6. The molecule has 6 nitrogen and oxygen atoms in total. The van der Waals surface area contributed by atoms with Gasteiger partial charge in [0.1, 0.15) is 5.75 Å². The van der Waals surface area contributed by atoms with E-state index in [2.05, 4.69) is 4.98 Å². The second kappa shape index (κ2) is 7.26. The number of ether oxygens (including phenoxy) is 1. The number of aromatic nitrogens is 1. The number of halogens is 3. The molecule has 0 spiro atoms. The number of rotatable bonds is 4. The molecular formula is C18H15F3N2O4. The fraction of sp³-hybridized carbons (Fsp3) is 0.278. The molecule has 1 aromatic carbocycles. The van der Waals surface area contributed by atoms with E-state index in [1.807, 2.05) is 0 Å². The summed E-state index contributed by atoms with van der Waals surface area (Å²) in [5.41, 5.74) is -0.505. The predicted octanol–water partition coefficient (Wildman–Crippen LogP) is 3.44. The van der Waals surface area contributed by atoms with E-state index in [4.69, 9.17) is 9.84 Å². The van der Waals surface area contributed by atoms with Crippen LogP contribution in [0.5, 0.6) is 11.6 Å². The number of benzene rings is 1. The topological polar surface area (TPSA) is 79.7 Å². The van der Waals surface area contributed by atoms with Gasteiger partial charge in [0.15, 0.2) is 0 Å². The van der Waals surface area contributed by atoms with Crippen molar-refractivity contribution in [3.63, 3.8) is 0 Å². The lowest BCUT2D eigenvalue weighted by Crippen LogP contribution is -2.29. The van der Waals surface area contributed by atoms with Crippen LogP contribution in [0.4, 0.5) is 13.2 Å². The second-order valence-corrected chi connectivity index (χ2v) is 6.08. The lowest BCUT2D eigenvalue weighted by Gasteiger charge is -2.16. The molecule has 2 heterocycles. The number of carboxylic acid groups (broad SMARTS) is 1. The summed E-state index contributed by atoms with van der Waals surface area (Å²) in [6.07, 6.45) is -3.37. The zero-order valence-corrected chi connectivity index (χ0v) is 13.9. The number of aliphatic carboxylic acids is 1. The number of hydrogen-bond acceptors (Lipinski definition) is 4. The summed E-state index contributed by atoms with van der Waals surface area (Å²) in [5, 5.41) is 9.00. The van der Waals surface area contributed by atoms with E-state index in [-0.39, 0.29) is 18.3 Å². The SMILES string of the molecule is O=C(O)[C@@H]1CCN(C(=O)c2ccc(Oc3ccc(C(F)(F)F)cn3)cc2)C1. The molecule has 9 heteroatoms. The summed E-state index contributed by atoms with van der Waals surface area (Å²) >= 11 is 0. The van der Waals surface area contributed by atoms with Gasteiger partial charge < -0.3 is 14.7 Å². The van der Waals surface area contributed by atoms with E-state index < -0.39 is 23.6 Å². The van der Waals surface area contributed by atoms with Crippen molar-refractivity contribution >= 4 is 11.9 Å². The first-order valence-electron chi connectivity index (χ1n) is 8.07. The normalized spacial score (nSPS) is 17.0. The van der Waals surface area contributed by atoms with Crippen molar-refractivity contribution < 1.29 is 32.6 Å². The van der Waals surface area contributed by atoms with Gasteiger partial charge in [-0.2, -0.15) is 13.2 Å². The molecule has 0 aliphatic carbocycles. The molecule has 1 aromatic heterocycles. The Hall–Kier alpha value is -3.10. The lowest BCUT2D eigenvalue weighted by molar-refractivity contribution is -0.141. The zero-order valence-electron chi connectivity index (χ0n) is 13.9. The summed E-state index contributed by atoms with van der Waals surface area (Å²) in [7, 11) is 0. The molecule has 1 aliphatic heterocycles. The number of alkyl halides is 3. The van der Waals surface area contributed by atoms with Crippen molar-refractivity contribution in [1.29, 1.82) is 0 Å². The maximum Gasteiger partial charge on any atom is 0.417 e. The van der Waals surface area contributed by atoms with Crippen LogP contribution in [0.1, 0.15) is 22.3 Å². The van der Waals surface area contributed by atoms with Gasteiger partial charge in [0.25, 0.3) is 5.91 Å². The van der Waals surface area contributed by atoms with E-state index in [1.165, 1.54) is 29.2 Å². The Morgan fingerprint density at radius 3 is 2.37 bits per heavy atom. The third kappa shape index (κ3) is 4.36. The van der Waals surface area contributed by atoms with E-state index in [0.29, 0.717) is 30.5 Å². The number of nitrogens with zero attached hydrogens (tertiary/aromatic N) is 2. The monoisotopic (exact) mass is 380 g/mol. The highest BCUT2D eigenvalue weighted by atomic mass is 19.4. The Balaban J connectivity index is 1.63. The Bertz CT molecular complexity index is 835. The molecule has 142 valence electrons. The van der Waals surface area contributed by atoms with Crippen molar-refractivity contribution in [2.45, 2.75) is 12.6 Å². The third-order valence-corrected chi connectivity index (χ3v) is 4.21. The van der Waals surface area contributed by atoms with Crippen LogP contribution in [0.15, 0.2) is 42.6 Å². The summed E-state index contributed by atoms with van der Waals surface area (Å²) in [6, 6.07) is 7.99. The molecule has 0 saturated carbocycles. The van der Waals surface area contributed by atoms with Gasteiger partial charge in [-0.15, -0.1) is 0 Å². The molecule has 3 rings (SSSR count). The molecule has 0 bridgehead atoms. The quantitative estimate of drug-likeness (QED) is 0.879. The Morgan fingerprint density at radius 2 is 1.85 bits per heavy atom. The van der Waals surface area contributed by atoms with Crippen LogP contribution >= 0.6 is 0 Å². The standard InChI is InChI=1S/C18H15F3N2O4/c19-18(20,21)13-3-6-15(22-9-13)27-14-4-1-11(2-5-14)16(24)23-8-7-12(10-23)17(25)26/h1-6,9,12H,7-8,10H2,(H,25,26)/t12-/m1/s1. The second-order valence-electron chi connectivity index (χ2n) is 6.08. The molecule has 0 unspecified atom stereocenters. The van der Waals surface area contributed by atoms with Crippen LogP contribution in [-0.4, -0.2) is 40.0 Å². The molecule has 1 fully saturated rings. The molecule has 27 heavy (non-hydrogen) atoms. The third-order valence-electron chi connectivity index (χ3n) is 4.21. The molecule has 1 aliphatic rings. The van der Waals surface area contributed by atoms with Crippen LogP contribution in [0.2, 0.25) is 0 Å². The fourth-order valence-corrected chi connectivity index (χ4v) is 2.72. The fourth-order valence-electron chi connectivity index (χ4n) is 2.72. The first-order valence-corrected chi connectivity index (χ1v) is 8.07. The van der Waals surface area contributed by atoms with Crippen molar-refractivity contribution in [3.05, 3.63) is 53.7 Å². The Kier molecular flexibility index (Phi) is 5.02. The number of hydrogen-bond donors (Lipinski definition) is 1. The van der Waals surface area contributed by atoms with E-state index in [0.717, 1.165) is 12.1 Å². The highest BCUT2D eigenvalue weighted by Crippen LogP contribution is 2.30. The van der Waals surface area contributed by atoms with Gasteiger partial charge in [0.05, 0.1) is 11.5 Å². The molecule has 1 atom stereocenters. The highest BCUT2D eigenvalue weighted by Gasteiger charge is 2.32. The molecule has 1 saturated heterocycles. The maximum absolute atomic E-state index is 12.5. The largest absolute Gasteiger partial charge is 0.481 e. The van der Waals surface area contributed by atoms with Gasteiger partial charge in [-0.3, -0.25) is 9.59 Å². The van der Waals surface area contributed by atoms with Gasteiger partial charge in [0.2, 0.25) is 5.88 Å². The minimum atomic E-state index is -4.47. The maximum atomic E-state index is 12.5. The van der Waals surface area contributed by atoms with Crippen LogP contribution in [0.3, 0.4) is 0 Å². The van der Waals surface area contributed by atoms with Gasteiger partial charge >= 0.3 is 12.1 Å².